The Labute approximate surface area is 588 Å². The number of halogens is 2. The summed E-state index contributed by atoms with van der Waals surface area (Å²) in [6.45, 7) is 35.4. The van der Waals surface area contributed by atoms with E-state index in [2.05, 4.69) is 65.9 Å². The number of carboxylic acids is 1. The molecule has 0 saturated heterocycles. The van der Waals surface area contributed by atoms with Gasteiger partial charge in [0.05, 0.1) is 67.4 Å². The molecular weight excluding hydrogens is 1280 g/mol. The van der Waals surface area contributed by atoms with Crippen molar-refractivity contribution in [3.8, 4) is 0 Å². The summed E-state index contributed by atoms with van der Waals surface area (Å²) >= 11 is 0. The fraction of sp³-hybridized carbons (Fsp3) is 0.571. The van der Waals surface area contributed by atoms with Gasteiger partial charge in [-0.05, 0) is 153 Å². The molecule has 8 N–H and O–H groups in total. The number of para-hydroxylation sites is 2. The van der Waals surface area contributed by atoms with Crippen molar-refractivity contribution >= 4 is 104 Å². The minimum atomic E-state index is -1.06. The first-order chi connectivity index (χ1) is 45.7. The van der Waals surface area contributed by atoms with Gasteiger partial charge in [0.2, 0.25) is 5.91 Å². The Morgan fingerprint density at radius 2 is 1.13 bits per heavy atom. The number of anilines is 3. The Morgan fingerprint density at radius 1 is 0.694 bits per heavy atom. The number of ether oxygens (including phenoxy) is 4. The average molecular weight is 1400 g/mol. The lowest BCUT2D eigenvalue weighted by molar-refractivity contribution is -0.140. The summed E-state index contributed by atoms with van der Waals surface area (Å²) in [6.07, 6.45) is 3.28. The minimum Gasteiger partial charge on any atom is -0.480 e. The number of carbonyl (C=O) groups excluding carboxylic acids is 3. The molecule has 0 aliphatic carbocycles. The molecule has 5 aromatic heterocycles. The summed E-state index contributed by atoms with van der Waals surface area (Å²) in [7, 11) is 7.14. The quantitative estimate of drug-likeness (QED) is 0.0231. The molecular formula is C70H115ClFN15O11. The van der Waals surface area contributed by atoms with Crippen molar-refractivity contribution in [2.24, 2.45) is 21.8 Å². The number of alkyl halides is 1. The molecule has 7 aromatic rings. The number of nitrogen functional groups attached to an aromatic ring is 1. The fourth-order valence-electron chi connectivity index (χ4n) is 8.99. The monoisotopic (exact) mass is 1400 g/mol. The summed E-state index contributed by atoms with van der Waals surface area (Å²) in [5.41, 5.74) is 8.31. The molecule has 0 saturated carbocycles. The summed E-state index contributed by atoms with van der Waals surface area (Å²) < 4.78 is 40.9. The van der Waals surface area contributed by atoms with Crippen molar-refractivity contribution in [3.05, 3.63) is 84.7 Å². The highest BCUT2D eigenvalue weighted by molar-refractivity contribution is 6.10. The predicted octanol–water partition coefficient (Wildman–Crippen LogP) is 12.3. The number of aliphatic carboxylic acids is 1. The lowest BCUT2D eigenvalue weighted by Crippen LogP contribution is -2.48. The van der Waals surface area contributed by atoms with E-state index in [4.69, 9.17) is 41.1 Å². The average Bonchev–Trinajstić information content (AvgIpc) is 1.63. The van der Waals surface area contributed by atoms with E-state index >= 15 is 0 Å². The summed E-state index contributed by atoms with van der Waals surface area (Å²) in [6, 6.07) is 20.2. The number of rotatable bonds is 23. The number of amides is 3. The molecule has 550 valence electrons. The van der Waals surface area contributed by atoms with Crippen LogP contribution >= 0.6 is 12.4 Å². The Bertz CT molecular complexity index is 3660. The number of aliphatic imine (C=N–C) groups is 2. The topological polar surface area (TPSA) is 334 Å². The van der Waals surface area contributed by atoms with Crippen molar-refractivity contribution in [1.29, 1.82) is 0 Å². The Morgan fingerprint density at radius 3 is 1.53 bits per heavy atom. The standard InChI is InChI=1S/C27H39N5O5.C17H22N4O2.C10H19NO4.C8H17N3.C7H10N2.CH3F.ClH.2H2/c1-9-36-14-19-29-21-22(32(19)15-27(7,8)35)17-12-10-11-13-18(17)28-23(21)31-24(33)20(16(2)3)30-25(34)37-26(4,5)6;1-4-23-9-13-20-14-15(21(13)10-17(2,3)22)11-7-5-6-8-12(11)19-16(14)18;1-6(2)7(8(12)13)11-9(14)15-10(3,4)5;1-4-9-8-10-6-5-7-11(2)3;1-9(2)7-3-5-8-6-4-7;1-2;;;/h10-13,16,20,35H,9,14-15H2,1-8H3,(H,30,34)(H,28,31,33);5-8,22H,4,9-10H2,1-3H3,(H2,18,19);6-7H,1-5H3,(H,11,14)(H,12,13);4-7H2,1-3H3;3-6H,1-2H3;1H3;3*1H/t20-;;7-;;;;;;/m0.0....../s1/i;;;;;1D;;;. The molecule has 0 unspecified atom stereocenters. The first-order valence-corrected chi connectivity index (χ1v) is 32.3. The number of pyridine rings is 3. The second-order valence-corrected chi connectivity index (χ2v) is 26.8. The van der Waals surface area contributed by atoms with Crippen LogP contribution in [0.3, 0.4) is 0 Å². The van der Waals surface area contributed by atoms with Crippen molar-refractivity contribution in [2.45, 2.75) is 185 Å². The third-order valence-corrected chi connectivity index (χ3v) is 13.1. The predicted molar refractivity (Wildman–Crippen MR) is 396 cm³/mol. The highest BCUT2D eigenvalue weighted by Crippen LogP contribution is 2.33. The number of hydrogen-bond acceptors (Lipinski definition) is 20. The van der Waals surface area contributed by atoms with Gasteiger partial charge in [-0.1, -0.05) is 64.1 Å². The first-order valence-electron chi connectivity index (χ1n) is 33.0. The van der Waals surface area contributed by atoms with Gasteiger partial charge in [0.1, 0.15) is 59.2 Å². The number of aromatic nitrogens is 7. The molecule has 2 atom stereocenters. The zero-order valence-corrected chi connectivity index (χ0v) is 62.2. The maximum absolute atomic E-state index is 13.4. The number of carboxylic acid groups (broad SMARTS) is 1. The molecule has 3 amide bonds. The van der Waals surface area contributed by atoms with E-state index in [9.17, 15) is 33.8 Å². The van der Waals surface area contributed by atoms with Crippen LogP contribution in [-0.2, 0) is 54.8 Å². The van der Waals surface area contributed by atoms with Crippen LogP contribution in [0.2, 0.25) is 0 Å². The molecule has 0 radical (unpaired) electrons. The van der Waals surface area contributed by atoms with Gasteiger partial charge in [-0.25, -0.2) is 44.3 Å². The smallest absolute Gasteiger partial charge is 0.408 e. The minimum absolute atomic E-state index is 0. The van der Waals surface area contributed by atoms with Gasteiger partial charge in [-0.3, -0.25) is 14.2 Å². The van der Waals surface area contributed by atoms with E-state index in [0.29, 0.717) is 54.6 Å². The number of imidazole rings is 2. The zero-order chi connectivity index (χ0) is 74.3. The van der Waals surface area contributed by atoms with Crippen LogP contribution in [0.25, 0.3) is 43.9 Å². The zero-order valence-electron chi connectivity index (χ0n) is 62.4. The van der Waals surface area contributed by atoms with Gasteiger partial charge in [0.15, 0.2) is 11.6 Å². The van der Waals surface area contributed by atoms with E-state index in [1.54, 1.807) is 95.5 Å². The molecule has 0 aliphatic rings. The van der Waals surface area contributed by atoms with Crippen LogP contribution in [0, 0.1) is 11.8 Å². The third-order valence-electron chi connectivity index (χ3n) is 13.1. The number of aliphatic hydroxyl groups is 2. The number of nitrogens with zero attached hydrogens (tertiary/aromatic N) is 11. The van der Waals surface area contributed by atoms with Gasteiger partial charge in [-0.15, -0.1) is 12.4 Å². The van der Waals surface area contributed by atoms with E-state index < -0.39 is 65.7 Å². The number of carbonyl (C=O) groups is 4. The van der Waals surface area contributed by atoms with E-state index in [1.165, 1.54) is 5.69 Å². The van der Waals surface area contributed by atoms with Crippen LogP contribution in [0.1, 0.15) is 140 Å². The third kappa shape index (κ3) is 31.1. The number of benzene rings is 2. The van der Waals surface area contributed by atoms with Gasteiger partial charge in [0.25, 0.3) is 0 Å². The number of fused-ring (bicyclic) bond motifs is 6. The summed E-state index contributed by atoms with van der Waals surface area (Å²) in [5, 5.41) is 39.5. The van der Waals surface area contributed by atoms with Crippen LogP contribution < -0.4 is 26.6 Å². The highest BCUT2D eigenvalue weighted by Gasteiger charge is 2.31. The molecule has 26 nitrogen and oxygen atoms in total. The number of alkyl carbamates (subject to hydrolysis) is 2. The van der Waals surface area contributed by atoms with E-state index in [-0.39, 0.29) is 46.1 Å². The molecule has 0 bridgehead atoms. The Hall–Kier alpha value is -8.17. The summed E-state index contributed by atoms with van der Waals surface area (Å²) in [4.78, 5) is 82.4. The molecule has 0 aliphatic heterocycles. The maximum atomic E-state index is 13.4. The molecule has 2 aromatic carbocycles. The van der Waals surface area contributed by atoms with Crippen molar-refractivity contribution in [3.63, 3.8) is 0 Å². The molecule has 28 heteroatoms. The second-order valence-electron chi connectivity index (χ2n) is 26.8. The normalized spacial score (nSPS) is 12.1. The number of nitrogens with one attached hydrogen (secondary N) is 3. The lowest BCUT2D eigenvalue weighted by atomic mass is 10.0. The maximum Gasteiger partial charge on any atom is 0.408 e. The highest BCUT2D eigenvalue weighted by atomic mass is 35.5. The fourth-order valence-corrected chi connectivity index (χ4v) is 8.99. The van der Waals surface area contributed by atoms with Gasteiger partial charge in [0, 0.05) is 65.6 Å². The lowest BCUT2D eigenvalue weighted by Gasteiger charge is -2.25. The van der Waals surface area contributed by atoms with Crippen LogP contribution in [-0.4, -0.2) is 187 Å². The van der Waals surface area contributed by atoms with Crippen molar-refractivity contribution in [1.82, 2.24) is 49.6 Å². The molecule has 0 spiro atoms. The first kappa shape index (κ1) is 85.9. The Balaban J connectivity index is 0. The number of hydrogen-bond donors (Lipinski definition) is 7. The van der Waals surface area contributed by atoms with Crippen LogP contribution in [0.5, 0.6) is 0 Å². The van der Waals surface area contributed by atoms with E-state index in [1.807, 2.05) is 123 Å². The SMILES string of the molecule is CC(C)[C@H](NC(=O)OC(C)(C)C)C(=O)O.CCN=C=NCCCN(C)C.CCOCc1nc2c(N)nc3ccccc3c2n1CC(C)(C)O.CCOCc1nc2c(NC(=O)[C@@H](NC(=O)OC(C)(C)C)C(C)C)nc3ccccc3c2n1CC(C)(C)O.CN(C)c1ccncc1.Cl.[2H]CF.[HH].[HH]. The van der Waals surface area contributed by atoms with E-state index in [0.717, 1.165) is 59.2 Å². The Kier molecular flexibility index (Phi) is 36.8. The molecule has 7 rings (SSSR count). The van der Waals surface area contributed by atoms with Gasteiger partial charge >= 0.3 is 18.2 Å². The number of nitrogens with two attached hydrogens (primary N) is 1. The molecule has 0 fully saturated rings. The second kappa shape index (κ2) is 41.9. The van der Waals surface area contributed by atoms with Gasteiger partial charge in [-0.2, -0.15) is 0 Å². The summed E-state index contributed by atoms with van der Waals surface area (Å²) in [5.74, 6) is 0.117. The van der Waals surface area contributed by atoms with Crippen molar-refractivity contribution in [2.75, 3.05) is 84.1 Å². The van der Waals surface area contributed by atoms with Crippen molar-refractivity contribution < 1.29 is 62.1 Å². The van der Waals surface area contributed by atoms with Crippen LogP contribution in [0.15, 0.2) is 83.0 Å². The molecule has 5 heterocycles. The molecule has 98 heavy (non-hydrogen) atoms. The van der Waals surface area contributed by atoms with Gasteiger partial charge < -0.3 is 74.9 Å². The van der Waals surface area contributed by atoms with Crippen LogP contribution in [0.4, 0.5) is 31.3 Å². The largest absolute Gasteiger partial charge is 0.480 e.